The number of halogens is 2. The highest BCUT2D eigenvalue weighted by atomic mass is 35.5. The molecule has 1 aliphatic heterocycles. The maximum atomic E-state index is 13.4. The minimum absolute atomic E-state index is 0.0277. The standard InChI is InChI=1S/C24H25ClFN3O2/c1-14-12-29(13-15(2)28-14)24(30)16(3)31-18-5-7-21-19(8-9-27-23(21)11-18)20-6-4-17(26)10-22(20)25/h4-11,14-16,28H,12-13H2,1-3H3. The summed E-state index contributed by atoms with van der Waals surface area (Å²) in [6.45, 7) is 7.24. The second-order valence-electron chi connectivity index (χ2n) is 8.13. The molecule has 1 fully saturated rings. The van der Waals surface area contributed by atoms with Gasteiger partial charge in [-0.05, 0) is 62.7 Å². The van der Waals surface area contributed by atoms with Gasteiger partial charge in [0.05, 0.1) is 10.5 Å². The number of piperazine rings is 1. The van der Waals surface area contributed by atoms with Crippen molar-refractivity contribution >= 4 is 28.4 Å². The van der Waals surface area contributed by atoms with Crippen LogP contribution in [0.1, 0.15) is 20.8 Å². The van der Waals surface area contributed by atoms with Gasteiger partial charge >= 0.3 is 0 Å². The Morgan fingerprint density at radius 3 is 2.61 bits per heavy atom. The van der Waals surface area contributed by atoms with E-state index in [1.807, 2.05) is 29.2 Å². The van der Waals surface area contributed by atoms with Gasteiger partial charge in [0.2, 0.25) is 0 Å². The van der Waals surface area contributed by atoms with Crippen molar-refractivity contribution in [3.05, 3.63) is 59.5 Å². The van der Waals surface area contributed by atoms with Crippen molar-refractivity contribution in [2.24, 2.45) is 0 Å². The average molecular weight is 442 g/mol. The number of nitrogens with zero attached hydrogens (tertiary/aromatic N) is 2. The van der Waals surface area contributed by atoms with Crippen molar-refractivity contribution in [3.8, 4) is 16.9 Å². The first kappa shape index (κ1) is 21.5. The zero-order valence-corrected chi connectivity index (χ0v) is 18.5. The molecule has 7 heteroatoms. The second-order valence-corrected chi connectivity index (χ2v) is 8.54. The van der Waals surface area contributed by atoms with Gasteiger partial charge in [0, 0.05) is 48.4 Å². The van der Waals surface area contributed by atoms with E-state index in [4.69, 9.17) is 16.3 Å². The van der Waals surface area contributed by atoms with Gasteiger partial charge in [0.15, 0.2) is 6.10 Å². The first-order valence-electron chi connectivity index (χ1n) is 10.4. The van der Waals surface area contributed by atoms with Crippen molar-refractivity contribution in [3.63, 3.8) is 0 Å². The van der Waals surface area contributed by atoms with Gasteiger partial charge in [-0.2, -0.15) is 0 Å². The summed E-state index contributed by atoms with van der Waals surface area (Å²) < 4.78 is 19.4. The Bertz CT molecular complexity index is 1110. The summed E-state index contributed by atoms with van der Waals surface area (Å²) in [7, 11) is 0. The van der Waals surface area contributed by atoms with E-state index < -0.39 is 6.10 Å². The number of fused-ring (bicyclic) bond motifs is 1. The lowest BCUT2D eigenvalue weighted by Crippen LogP contribution is -2.57. The molecule has 162 valence electrons. The zero-order valence-electron chi connectivity index (χ0n) is 17.7. The van der Waals surface area contributed by atoms with Crippen LogP contribution in [0.2, 0.25) is 5.02 Å². The Balaban J connectivity index is 1.56. The summed E-state index contributed by atoms with van der Waals surface area (Å²) in [5.41, 5.74) is 2.29. The smallest absolute Gasteiger partial charge is 0.263 e. The van der Waals surface area contributed by atoms with Crippen LogP contribution in [0.15, 0.2) is 48.7 Å². The molecule has 0 aliphatic carbocycles. The van der Waals surface area contributed by atoms with Crippen LogP contribution in [0.25, 0.3) is 22.0 Å². The Morgan fingerprint density at radius 1 is 1.16 bits per heavy atom. The van der Waals surface area contributed by atoms with Crippen LogP contribution in [0.4, 0.5) is 4.39 Å². The summed E-state index contributed by atoms with van der Waals surface area (Å²) in [6, 6.07) is 12.2. The number of carbonyl (C=O) groups excluding carboxylic acids is 1. The van der Waals surface area contributed by atoms with Crippen LogP contribution in [-0.2, 0) is 4.79 Å². The van der Waals surface area contributed by atoms with Gasteiger partial charge in [0.1, 0.15) is 11.6 Å². The number of amides is 1. The fraction of sp³-hybridized carbons (Fsp3) is 0.333. The van der Waals surface area contributed by atoms with E-state index in [-0.39, 0.29) is 23.8 Å². The SMILES string of the molecule is CC1CN(C(=O)C(C)Oc2ccc3c(-c4ccc(F)cc4Cl)ccnc3c2)CC(C)N1. The molecule has 1 aromatic heterocycles. The van der Waals surface area contributed by atoms with Gasteiger partial charge in [-0.3, -0.25) is 9.78 Å². The molecule has 0 saturated carbocycles. The van der Waals surface area contributed by atoms with Crippen molar-refractivity contribution in [2.75, 3.05) is 13.1 Å². The van der Waals surface area contributed by atoms with Gasteiger partial charge in [-0.25, -0.2) is 4.39 Å². The van der Waals surface area contributed by atoms with Crippen LogP contribution in [0, 0.1) is 5.82 Å². The Morgan fingerprint density at radius 2 is 1.90 bits per heavy atom. The van der Waals surface area contributed by atoms with Crippen LogP contribution >= 0.6 is 11.6 Å². The normalized spacial score (nSPS) is 20.0. The maximum Gasteiger partial charge on any atom is 0.263 e. The molecule has 5 nitrogen and oxygen atoms in total. The second kappa shape index (κ2) is 8.81. The highest BCUT2D eigenvalue weighted by molar-refractivity contribution is 6.33. The molecule has 4 rings (SSSR count). The Labute approximate surface area is 186 Å². The van der Waals surface area contributed by atoms with E-state index in [2.05, 4.69) is 24.1 Å². The summed E-state index contributed by atoms with van der Waals surface area (Å²) in [5.74, 6) is 0.161. The van der Waals surface area contributed by atoms with Crippen molar-refractivity contribution < 1.29 is 13.9 Å². The third-order valence-electron chi connectivity index (χ3n) is 5.47. The molecule has 2 aromatic carbocycles. The first-order chi connectivity index (χ1) is 14.8. The summed E-state index contributed by atoms with van der Waals surface area (Å²) in [5, 5.41) is 4.63. The number of ether oxygens (including phenoxy) is 1. The molecule has 31 heavy (non-hydrogen) atoms. The average Bonchev–Trinajstić information content (AvgIpc) is 2.72. The lowest BCUT2D eigenvalue weighted by atomic mass is 10.0. The molecule has 3 unspecified atom stereocenters. The highest BCUT2D eigenvalue weighted by Gasteiger charge is 2.28. The first-order valence-corrected chi connectivity index (χ1v) is 10.8. The fourth-order valence-electron chi connectivity index (χ4n) is 4.16. The van der Waals surface area contributed by atoms with E-state index in [0.29, 0.717) is 29.4 Å². The molecular formula is C24H25ClFN3O2. The van der Waals surface area contributed by atoms with E-state index in [1.165, 1.54) is 12.1 Å². The highest BCUT2D eigenvalue weighted by Crippen LogP contribution is 2.34. The molecule has 1 N–H and O–H groups in total. The number of pyridine rings is 1. The number of rotatable bonds is 4. The summed E-state index contributed by atoms with van der Waals surface area (Å²) in [4.78, 5) is 19.2. The molecule has 0 radical (unpaired) electrons. The van der Waals surface area contributed by atoms with Crippen molar-refractivity contribution in [1.29, 1.82) is 0 Å². The Hall–Kier alpha value is -2.70. The molecule has 1 aliphatic rings. The van der Waals surface area contributed by atoms with Crippen LogP contribution < -0.4 is 10.1 Å². The largest absolute Gasteiger partial charge is 0.481 e. The minimum atomic E-state index is -0.607. The molecule has 3 aromatic rings. The molecule has 0 bridgehead atoms. The summed E-state index contributed by atoms with van der Waals surface area (Å²) >= 11 is 6.26. The summed E-state index contributed by atoms with van der Waals surface area (Å²) in [6.07, 6.45) is 1.07. The molecule has 1 amide bonds. The number of benzene rings is 2. The Kier molecular flexibility index (Phi) is 6.12. The van der Waals surface area contributed by atoms with E-state index >= 15 is 0 Å². The lowest BCUT2D eigenvalue weighted by molar-refractivity contribution is -0.139. The molecule has 3 atom stereocenters. The number of carbonyl (C=O) groups is 1. The quantitative estimate of drug-likeness (QED) is 0.639. The van der Waals surface area contributed by atoms with E-state index in [0.717, 1.165) is 16.5 Å². The van der Waals surface area contributed by atoms with Gasteiger partial charge < -0.3 is 15.0 Å². The molecule has 0 spiro atoms. The molecular weight excluding hydrogens is 417 g/mol. The van der Waals surface area contributed by atoms with Crippen LogP contribution in [-0.4, -0.2) is 47.1 Å². The monoisotopic (exact) mass is 441 g/mol. The van der Waals surface area contributed by atoms with Crippen LogP contribution in [0.3, 0.4) is 0 Å². The maximum absolute atomic E-state index is 13.4. The number of aromatic nitrogens is 1. The van der Waals surface area contributed by atoms with E-state index in [9.17, 15) is 9.18 Å². The third kappa shape index (κ3) is 4.65. The predicted molar refractivity (Wildman–Crippen MR) is 121 cm³/mol. The third-order valence-corrected chi connectivity index (χ3v) is 5.78. The lowest BCUT2D eigenvalue weighted by Gasteiger charge is -2.37. The minimum Gasteiger partial charge on any atom is -0.481 e. The molecule has 2 heterocycles. The number of hydrogen-bond acceptors (Lipinski definition) is 4. The van der Waals surface area contributed by atoms with Crippen molar-refractivity contribution in [1.82, 2.24) is 15.2 Å². The number of nitrogens with one attached hydrogen (secondary N) is 1. The van der Waals surface area contributed by atoms with E-state index in [1.54, 1.807) is 19.2 Å². The fourth-order valence-corrected chi connectivity index (χ4v) is 4.43. The number of hydrogen-bond donors (Lipinski definition) is 1. The van der Waals surface area contributed by atoms with Crippen LogP contribution in [0.5, 0.6) is 5.75 Å². The topological polar surface area (TPSA) is 54.5 Å². The van der Waals surface area contributed by atoms with Gasteiger partial charge in [-0.15, -0.1) is 0 Å². The zero-order chi connectivity index (χ0) is 22.1. The predicted octanol–water partition coefficient (Wildman–Crippen LogP) is 4.67. The molecule has 1 saturated heterocycles. The van der Waals surface area contributed by atoms with Crippen molar-refractivity contribution in [2.45, 2.75) is 39.0 Å². The van der Waals surface area contributed by atoms with Gasteiger partial charge in [0.25, 0.3) is 5.91 Å². The van der Waals surface area contributed by atoms with Gasteiger partial charge in [-0.1, -0.05) is 11.6 Å².